The van der Waals surface area contributed by atoms with Crippen molar-refractivity contribution < 1.29 is 4.79 Å². The van der Waals surface area contributed by atoms with Gasteiger partial charge in [0.25, 0.3) is 0 Å². The summed E-state index contributed by atoms with van der Waals surface area (Å²) in [5.41, 5.74) is 1.96. The molecule has 0 aliphatic rings. The van der Waals surface area contributed by atoms with Crippen LogP contribution in [0.2, 0.25) is 0 Å². The molecule has 0 aromatic carbocycles. The van der Waals surface area contributed by atoms with Crippen LogP contribution < -0.4 is 5.32 Å². The zero-order valence-corrected chi connectivity index (χ0v) is 13.9. The number of thiophene rings is 2. The molecule has 1 atom stereocenters. The number of carbonyl (C=O) groups is 1. The molecule has 0 radical (unpaired) electrons. The number of hydrogen-bond acceptors (Lipinski definition) is 5. The zero-order valence-electron chi connectivity index (χ0n) is 11.4. The van der Waals surface area contributed by atoms with Gasteiger partial charge in [0.05, 0.1) is 18.2 Å². The van der Waals surface area contributed by atoms with Gasteiger partial charge in [-0.25, -0.2) is 4.98 Å². The number of amides is 1. The van der Waals surface area contributed by atoms with Crippen molar-refractivity contribution in [2.75, 3.05) is 0 Å². The van der Waals surface area contributed by atoms with Crippen LogP contribution in [-0.2, 0) is 11.2 Å². The molecule has 3 heterocycles. The van der Waals surface area contributed by atoms with Gasteiger partial charge in [-0.15, -0.1) is 22.7 Å². The lowest BCUT2D eigenvalue weighted by atomic mass is 10.2. The minimum Gasteiger partial charge on any atom is -0.348 e. The first-order chi connectivity index (χ1) is 10.2. The Balaban J connectivity index is 1.60. The molecule has 0 saturated carbocycles. The van der Waals surface area contributed by atoms with Crippen molar-refractivity contribution in [2.24, 2.45) is 0 Å². The van der Waals surface area contributed by atoms with Gasteiger partial charge in [0, 0.05) is 21.2 Å². The van der Waals surface area contributed by atoms with Gasteiger partial charge in [0.1, 0.15) is 5.01 Å². The molecule has 6 heteroatoms. The van der Waals surface area contributed by atoms with E-state index in [-0.39, 0.29) is 11.9 Å². The molecule has 1 N–H and O–H groups in total. The van der Waals surface area contributed by atoms with E-state index in [9.17, 15) is 4.79 Å². The summed E-state index contributed by atoms with van der Waals surface area (Å²) in [6.07, 6.45) is 0.330. The van der Waals surface area contributed by atoms with E-state index in [0.29, 0.717) is 6.42 Å². The van der Waals surface area contributed by atoms with Gasteiger partial charge in [0.2, 0.25) is 5.91 Å². The Labute approximate surface area is 135 Å². The van der Waals surface area contributed by atoms with E-state index < -0.39 is 0 Å². The summed E-state index contributed by atoms with van der Waals surface area (Å²) < 4.78 is 0. The van der Waals surface area contributed by atoms with Crippen LogP contribution in [-0.4, -0.2) is 10.9 Å². The second kappa shape index (κ2) is 6.51. The van der Waals surface area contributed by atoms with E-state index in [0.717, 1.165) is 16.3 Å². The largest absolute Gasteiger partial charge is 0.348 e. The van der Waals surface area contributed by atoms with Crippen molar-refractivity contribution in [1.29, 1.82) is 0 Å². The molecule has 21 heavy (non-hydrogen) atoms. The lowest BCUT2D eigenvalue weighted by Crippen LogP contribution is -2.27. The maximum atomic E-state index is 12.1. The normalized spacial score (nSPS) is 12.2. The predicted molar refractivity (Wildman–Crippen MR) is 90.0 cm³/mol. The number of carbonyl (C=O) groups excluding carboxylic acids is 1. The molecular formula is C15H14N2OS3. The van der Waals surface area contributed by atoms with Gasteiger partial charge in [-0.05, 0) is 29.8 Å². The van der Waals surface area contributed by atoms with Crippen LogP contribution in [0.1, 0.15) is 23.5 Å². The fraction of sp³-hybridized carbons (Fsp3) is 0.200. The minimum atomic E-state index is 0.0121. The highest BCUT2D eigenvalue weighted by atomic mass is 32.1. The van der Waals surface area contributed by atoms with E-state index in [4.69, 9.17) is 0 Å². The van der Waals surface area contributed by atoms with Crippen LogP contribution >= 0.6 is 34.0 Å². The molecule has 0 aliphatic heterocycles. The molecule has 0 saturated heterocycles. The van der Waals surface area contributed by atoms with Crippen LogP contribution in [0.15, 0.2) is 39.7 Å². The molecule has 0 fully saturated rings. The summed E-state index contributed by atoms with van der Waals surface area (Å²) in [6, 6.07) is 6.13. The summed E-state index contributed by atoms with van der Waals surface area (Å²) in [5, 5.41) is 12.1. The molecule has 3 rings (SSSR count). The average molecular weight is 334 g/mol. The maximum Gasteiger partial charge on any atom is 0.226 e. The number of hydrogen-bond donors (Lipinski definition) is 1. The zero-order chi connectivity index (χ0) is 14.7. The summed E-state index contributed by atoms with van der Waals surface area (Å²) >= 11 is 4.89. The van der Waals surface area contributed by atoms with Crippen LogP contribution in [0.25, 0.3) is 10.6 Å². The Morgan fingerprint density at radius 1 is 1.29 bits per heavy atom. The smallest absolute Gasteiger partial charge is 0.226 e. The molecule has 3 aromatic rings. The van der Waals surface area contributed by atoms with Gasteiger partial charge >= 0.3 is 0 Å². The molecule has 0 aliphatic carbocycles. The van der Waals surface area contributed by atoms with Gasteiger partial charge in [-0.2, -0.15) is 11.3 Å². The second-order valence-corrected chi connectivity index (χ2v) is 7.25. The van der Waals surface area contributed by atoms with Crippen LogP contribution in [0.5, 0.6) is 0 Å². The predicted octanol–water partition coefficient (Wildman–Crippen LogP) is 4.35. The van der Waals surface area contributed by atoms with Crippen molar-refractivity contribution in [3.8, 4) is 10.6 Å². The Bertz CT molecular complexity index is 701. The Morgan fingerprint density at radius 2 is 2.19 bits per heavy atom. The SMILES string of the molecule is CC(NC(=O)Cc1csc(-c2ccsc2)n1)c1cccs1. The Hall–Kier alpha value is -1.50. The molecule has 3 nitrogen and oxygen atoms in total. The first kappa shape index (κ1) is 14.4. The number of aromatic nitrogens is 1. The number of thiazole rings is 1. The average Bonchev–Trinajstić information content (AvgIpc) is 3.21. The van der Waals surface area contributed by atoms with E-state index in [1.165, 1.54) is 4.88 Å². The van der Waals surface area contributed by atoms with Gasteiger partial charge in [-0.1, -0.05) is 6.07 Å². The van der Waals surface area contributed by atoms with Crippen LogP contribution in [0, 0.1) is 0 Å². The summed E-state index contributed by atoms with van der Waals surface area (Å²) in [6.45, 7) is 2.00. The lowest BCUT2D eigenvalue weighted by Gasteiger charge is -2.11. The highest BCUT2D eigenvalue weighted by Crippen LogP contribution is 2.26. The van der Waals surface area contributed by atoms with Gasteiger partial charge in [0.15, 0.2) is 0 Å². The van der Waals surface area contributed by atoms with Crippen molar-refractivity contribution >= 4 is 39.9 Å². The third kappa shape index (κ3) is 3.58. The fourth-order valence-electron chi connectivity index (χ4n) is 1.97. The first-order valence-electron chi connectivity index (χ1n) is 6.52. The summed E-state index contributed by atoms with van der Waals surface area (Å²) in [5.74, 6) is 0.0121. The molecule has 1 amide bonds. The molecule has 108 valence electrons. The maximum absolute atomic E-state index is 12.1. The van der Waals surface area contributed by atoms with E-state index >= 15 is 0 Å². The molecule has 0 spiro atoms. The van der Waals surface area contributed by atoms with Crippen LogP contribution in [0.3, 0.4) is 0 Å². The lowest BCUT2D eigenvalue weighted by molar-refractivity contribution is -0.121. The molecule has 0 bridgehead atoms. The molecule has 3 aromatic heterocycles. The third-order valence-electron chi connectivity index (χ3n) is 3.01. The number of nitrogens with one attached hydrogen (secondary N) is 1. The molecule has 1 unspecified atom stereocenters. The van der Waals surface area contributed by atoms with Crippen LogP contribution in [0.4, 0.5) is 0 Å². The summed E-state index contributed by atoms with van der Waals surface area (Å²) in [4.78, 5) is 17.8. The Morgan fingerprint density at radius 3 is 2.90 bits per heavy atom. The van der Waals surface area contributed by atoms with E-state index in [2.05, 4.69) is 15.7 Å². The van der Waals surface area contributed by atoms with Crippen molar-refractivity contribution in [1.82, 2.24) is 10.3 Å². The van der Waals surface area contributed by atoms with Gasteiger partial charge < -0.3 is 5.32 Å². The first-order valence-corrected chi connectivity index (χ1v) is 9.22. The highest BCUT2D eigenvalue weighted by Gasteiger charge is 2.13. The van der Waals surface area contributed by atoms with Crippen molar-refractivity contribution in [3.05, 3.63) is 50.3 Å². The van der Waals surface area contributed by atoms with E-state index in [1.807, 2.05) is 41.3 Å². The number of rotatable bonds is 5. The third-order valence-corrected chi connectivity index (χ3v) is 5.69. The van der Waals surface area contributed by atoms with Gasteiger partial charge in [-0.3, -0.25) is 4.79 Å². The van der Waals surface area contributed by atoms with Crippen molar-refractivity contribution in [3.63, 3.8) is 0 Å². The Kier molecular flexibility index (Phi) is 4.48. The molecular weight excluding hydrogens is 320 g/mol. The quantitative estimate of drug-likeness (QED) is 0.753. The van der Waals surface area contributed by atoms with E-state index in [1.54, 1.807) is 34.0 Å². The highest BCUT2D eigenvalue weighted by molar-refractivity contribution is 7.14. The van der Waals surface area contributed by atoms with Crippen molar-refractivity contribution in [2.45, 2.75) is 19.4 Å². The monoisotopic (exact) mass is 334 g/mol. The topological polar surface area (TPSA) is 42.0 Å². The standard InChI is InChI=1S/C15H14N2OS3/c1-10(13-3-2-5-20-13)16-14(18)7-12-9-21-15(17-12)11-4-6-19-8-11/h2-6,8-10H,7H2,1H3,(H,16,18). The summed E-state index contributed by atoms with van der Waals surface area (Å²) in [7, 11) is 0. The minimum absolute atomic E-state index is 0.0121. The fourth-order valence-corrected chi connectivity index (χ4v) is 4.24. The second-order valence-electron chi connectivity index (χ2n) is 4.64. The number of nitrogens with zero attached hydrogens (tertiary/aromatic N) is 1.